The Kier molecular flexibility index (Phi) is 4.84. The summed E-state index contributed by atoms with van der Waals surface area (Å²) in [6.07, 6.45) is 0. The van der Waals surface area contributed by atoms with Crippen molar-refractivity contribution < 1.29 is 18.4 Å². The predicted molar refractivity (Wildman–Crippen MR) is 97.9 cm³/mol. The second kappa shape index (κ2) is 6.63. The Bertz CT molecular complexity index is 746. The Morgan fingerprint density at radius 2 is 1.60 bits per heavy atom. The molecule has 0 saturated carbocycles. The van der Waals surface area contributed by atoms with Gasteiger partial charge in [-0.2, -0.15) is 0 Å². The third-order valence-electron chi connectivity index (χ3n) is 4.81. The van der Waals surface area contributed by atoms with Crippen molar-refractivity contribution in [1.82, 2.24) is 0 Å². The zero-order chi connectivity index (χ0) is 18.2. The average molecular weight is 363 g/mol. The van der Waals surface area contributed by atoms with Gasteiger partial charge in [-0.15, -0.1) is 0 Å². The first-order valence-electron chi connectivity index (χ1n) is 8.20. The topological polar surface area (TPSA) is 27.7 Å². The molecule has 6 heteroatoms. The van der Waals surface area contributed by atoms with Crippen molar-refractivity contribution in [3.8, 4) is 5.75 Å². The molecular weight excluding hydrogens is 341 g/mol. The lowest BCUT2D eigenvalue weighted by molar-refractivity contribution is 0.00578. The van der Waals surface area contributed by atoms with Gasteiger partial charge in [0.25, 0.3) is 0 Å². The second-order valence-corrected chi connectivity index (χ2v) is 7.59. The fourth-order valence-corrected chi connectivity index (χ4v) is 2.69. The summed E-state index contributed by atoms with van der Waals surface area (Å²) in [5, 5.41) is 0.482. The summed E-state index contributed by atoms with van der Waals surface area (Å²) >= 11 is 6.05. The van der Waals surface area contributed by atoms with E-state index in [1.54, 1.807) is 0 Å². The predicted octanol–water partition coefficient (Wildman–Crippen LogP) is 4.36. The summed E-state index contributed by atoms with van der Waals surface area (Å²) in [4.78, 5) is 0. The van der Waals surface area contributed by atoms with Crippen LogP contribution in [0.2, 0.25) is 5.02 Å². The Labute approximate surface area is 153 Å². The van der Waals surface area contributed by atoms with Gasteiger partial charge in [-0.05, 0) is 63.5 Å². The standard InChI is InChI=1S/C19H21BClFO3/c1-18(2)19(3,4)25-20(24-18)14-5-8-16(9-6-14)23-12-13-11-15(22)7-10-17(13)21/h5-11H,12H2,1-4H3. The quantitative estimate of drug-likeness (QED) is 0.757. The first-order valence-corrected chi connectivity index (χ1v) is 8.58. The maximum absolute atomic E-state index is 13.3. The van der Waals surface area contributed by atoms with Crippen LogP contribution in [0.4, 0.5) is 4.39 Å². The van der Waals surface area contributed by atoms with Crippen molar-refractivity contribution >= 4 is 24.2 Å². The molecular formula is C19H21BClFO3. The molecule has 0 amide bonds. The highest BCUT2D eigenvalue weighted by Gasteiger charge is 2.51. The molecule has 1 saturated heterocycles. The van der Waals surface area contributed by atoms with Crippen molar-refractivity contribution in [1.29, 1.82) is 0 Å². The number of ether oxygens (including phenoxy) is 1. The molecule has 3 rings (SSSR count). The molecule has 0 bridgehead atoms. The molecule has 3 nitrogen and oxygen atoms in total. The molecule has 0 atom stereocenters. The van der Waals surface area contributed by atoms with Crippen LogP contribution in [0.5, 0.6) is 5.75 Å². The van der Waals surface area contributed by atoms with E-state index >= 15 is 0 Å². The van der Waals surface area contributed by atoms with Crippen molar-refractivity contribution in [2.45, 2.75) is 45.5 Å². The summed E-state index contributed by atoms with van der Waals surface area (Å²) in [7, 11) is -0.406. The first kappa shape index (κ1) is 18.2. The summed E-state index contributed by atoms with van der Waals surface area (Å²) in [6, 6.07) is 11.7. The van der Waals surface area contributed by atoms with Gasteiger partial charge in [-0.1, -0.05) is 23.7 Å². The number of halogens is 2. The molecule has 1 aliphatic rings. The van der Waals surface area contributed by atoms with Gasteiger partial charge >= 0.3 is 7.12 Å². The Morgan fingerprint density at radius 1 is 1.00 bits per heavy atom. The van der Waals surface area contributed by atoms with E-state index in [0.717, 1.165) is 5.46 Å². The molecule has 2 aromatic carbocycles. The SMILES string of the molecule is CC1(C)OB(c2ccc(OCc3cc(F)ccc3Cl)cc2)OC1(C)C. The van der Waals surface area contributed by atoms with Crippen LogP contribution in [0.3, 0.4) is 0 Å². The number of rotatable bonds is 4. The molecule has 132 valence electrons. The molecule has 0 unspecified atom stereocenters. The van der Waals surface area contributed by atoms with Crippen LogP contribution < -0.4 is 10.2 Å². The Morgan fingerprint density at radius 3 is 2.20 bits per heavy atom. The summed E-state index contributed by atoms with van der Waals surface area (Å²) in [6.45, 7) is 8.29. The van der Waals surface area contributed by atoms with Gasteiger partial charge in [0.05, 0.1) is 11.2 Å². The van der Waals surface area contributed by atoms with Crippen LogP contribution in [-0.4, -0.2) is 18.3 Å². The van der Waals surface area contributed by atoms with Gasteiger partial charge < -0.3 is 14.0 Å². The van der Waals surface area contributed by atoms with Gasteiger partial charge in [0.1, 0.15) is 18.2 Å². The highest BCUT2D eigenvalue weighted by atomic mass is 35.5. The summed E-state index contributed by atoms with van der Waals surface area (Å²) in [5.74, 6) is 0.333. The van der Waals surface area contributed by atoms with Crippen molar-refractivity contribution in [3.05, 3.63) is 58.9 Å². The van der Waals surface area contributed by atoms with Crippen molar-refractivity contribution in [3.63, 3.8) is 0 Å². The first-order chi connectivity index (χ1) is 11.7. The summed E-state index contributed by atoms with van der Waals surface area (Å²) in [5.41, 5.74) is 0.786. The number of hydrogen-bond donors (Lipinski definition) is 0. The van der Waals surface area contributed by atoms with Gasteiger partial charge in [0.2, 0.25) is 0 Å². The third kappa shape index (κ3) is 3.84. The maximum atomic E-state index is 13.3. The zero-order valence-electron chi connectivity index (χ0n) is 14.8. The number of benzene rings is 2. The normalized spacial score (nSPS) is 18.4. The molecule has 0 aromatic heterocycles. The smallest absolute Gasteiger partial charge is 0.489 e. The molecule has 1 heterocycles. The van der Waals surface area contributed by atoms with Crippen molar-refractivity contribution in [2.75, 3.05) is 0 Å². The minimum absolute atomic E-state index is 0.201. The lowest BCUT2D eigenvalue weighted by Crippen LogP contribution is -2.41. The van der Waals surface area contributed by atoms with E-state index in [1.165, 1.54) is 18.2 Å². The molecule has 25 heavy (non-hydrogen) atoms. The van der Waals surface area contributed by atoms with Crippen molar-refractivity contribution in [2.24, 2.45) is 0 Å². The van der Waals surface area contributed by atoms with Crippen LogP contribution in [0, 0.1) is 5.82 Å². The van der Waals surface area contributed by atoms with E-state index in [1.807, 2.05) is 52.0 Å². The Balaban J connectivity index is 1.66. The van der Waals surface area contributed by atoms with Crippen LogP contribution in [0.1, 0.15) is 33.3 Å². The van der Waals surface area contributed by atoms with E-state index < -0.39 is 7.12 Å². The third-order valence-corrected chi connectivity index (χ3v) is 5.18. The van der Waals surface area contributed by atoms with Gasteiger partial charge in [0, 0.05) is 10.6 Å². The lowest BCUT2D eigenvalue weighted by atomic mass is 9.79. The highest BCUT2D eigenvalue weighted by Crippen LogP contribution is 2.36. The molecule has 0 radical (unpaired) electrons. The van der Waals surface area contributed by atoms with E-state index in [-0.39, 0.29) is 23.6 Å². The monoisotopic (exact) mass is 362 g/mol. The molecule has 1 fully saturated rings. The average Bonchev–Trinajstić information content (AvgIpc) is 2.77. The highest BCUT2D eigenvalue weighted by molar-refractivity contribution is 6.62. The molecule has 0 N–H and O–H groups in total. The van der Waals surface area contributed by atoms with E-state index in [0.29, 0.717) is 16.3 Å². The minimum Gasteiger partial charge on any atom is -0.489 e. The fraction of sp³-hybridized carbons (Fsp3) is 0.368. The van der Waals surface area contributed by atoms with Gasteiger partial charge in [-0.3, -0.25) is 0 Å². The molecule has 0 aliphatic carbocycles. The molecule has 2 aromatic rings. The Hall–Kier alpha value is -1.56. The van der Waals surface area contributed by atoms with Gasteiger partial charge in [-0.25, -0.2) is 4.39 Å². The van der Waals surface area contributed by atoms with E-state index in [9.17, 15) is 4.39 Å². The number of hydrogen-bond acceptors (Lipinski definition) is 3. The minimum atomic E-state index is -0.406. The lowest BCUT2D eigenvalue weighted by Gasteiger charge is -2.32. The molecule has 0 spiro atoms. The fourth-order valence-electron chi connectivity index (χ4n) is 2.52. The maximum Gasteiger partial charge on any atom is 0.494 e. The summed E-state index contributed by atoms with van der Waals surface area (Å²) < 4.78 is 31.0. The van der Waals surface area contributed by atoms with E-state index in [2.05, 4.69) is 0 Å². The van der Waals surface area contributed by atoms with Gasteiger partial charge in [0.15, 0.2) is 0 Å². The van der Waals surface area contributed by atoms with Crippen LogP contribution in [-0.2, 0) is 15.9 Å². The van der Waals surface area contributed by atoms with Crippen LogP contribution in [0.15, 0.2) is 42.5 Å². The largest absolute Gasteiger partial charge is 0.494 e. The second-order valence-electron chi connectivity index (χ2n) is 7.18. The zero-order valence-corrected chi connectivity index (χ0v) is 15.6. The van der Waals surface area contributed by atoms with E-state index in [4.69, 9.17) is 25.6 Å². The molecule has 1 aliphatic heterocycles. The van der Waals surface area contributed by atoms with Crippen LogP contribution in [0.25, 0.3) is 0 Å². The van der Waals surface area contributed by atoms with Crippen LogP contribution >= 0.6 is 11.6 Å².